The lowest BCUT2D eigenvalue weighted by atomic mass is 10.1. The van der Waals surface area contributed by atoms with Crippen molar-refractivity contribution in [2.75, 3.05) is 12.1 Å². The number of hydrogen-bond acceptors (Lipinski definition) is 5. The maximum absolute atomic E-state index is 12.0. The Morgan fingerprint density at radius 1 is 1.28 bits per heavy atom. The second kappa shape index (κ2) is 7.45. The van der Waals surface area contributed by atoms with E-state index in [1.807, 2.05) is 12.1 Å². The van der Waals surface area contributed by atoms with Crippen molar-refractivity contribution in [2.45, 2.75) is 6.61 Å². The summed E-state index contributed by atoms with van der Waals surface area (Å²) in [6.07, 6.45) is 2.80. The van der Waals surface area contributed by atoms with E-state index in [9.17, 15) is 14.9 Å². The lowest BCUT2D eigenvalue weighted by Gasteiger charge is -2.19. The molecule has 8 heteroatoms. The largest absolute Gasteiger partial charge is 0.467 e. The van der Waals surface area contributed by atoms with E-state index < -0.39 is 4.92 Å². The summed E-state index contributed by atoms with van der Waals surface area (Å²) in [6.45, 7) is 0.291. The lowest BCUT2D eigenvalue weighted by Crippen LogP contribution is -2.13. The number of fused-ring (bicyclic) bond motifs is 1. The molecule has 1 N–H and O–H groups in total. The van der Waals surface area contributed by atoms with Gasteiger partial charge in [-0.15, -0.1) is 0 Å². The Hall–Kier alpha value is -2.71. The predicted octanol–water partition coefficient (Wildman–Crippen LogP) is 3.88. The molecule has 3 rings (SSSR count). The van der Waals surface area contributed by atoms with Gasteiger partial charge in [-0.3, -0.25) is 14.9 Å². The number of amides is 1. The zero-order chi connectivity index (χ0) is 17.8. The molecule has 0 aliphatic carbocycles. The highest BCUT2D eigenvalue weighted by molar-refractivity contribution is 9.10. The number of benzene rings is 2. The number of halogens is 1. The molecule has 0 saturated heterocycles. The summed E-state index contributed by atoms with van der Waals surface area (Å²) >= 11 is 3.32. The Balaban J connectivity index is 1.82. The van der Waals surface area contributed by atoms with Gasteiger partial charge in [0.15, 0.2) is 6.79 Å². The molecular formula is C17H13BrN2O5. The molecule has 1 aliphatic heterocycles. The van der Waals surface area contributed by atoms with Crippen LogP contribution in [0.3, 0.4) is 0 Å². The molecule has 7 nitrogen and oxygen atoms in total. The van der Waals surface area contributed by atoms with Crippen molar-refractivity contribution in [3.05, 3.63) is 68.2 Å². The van der Waals surface area contributed by atoms with E-state index in [4.69, 9.17) is 9.47 Å². The van der Waals surface area contributed by atoms with Crippen LogP contribution in [-0.4, -0.2) is 17.6 Å². The van der Waals surface area contributed by atoms with Crippen molar-refractivity contribution in [1.29, 1.82) is 0 Å². The van der Waals surface area contributed by atoms with Crippen LogP contribution in [0.4, 0.5) is 11.4 Å². The van der Waals surface area contributed by atoms with Gasteiger partial charge in [-0.25, -0.2) is 0 Å². The Morgan fingerprint density at radius 2 is 2.04 bits per heavy atom. The van der Waals surface area contributed by atoms with Crippen LogP contribution in [0.2, 0.25) is 0 Å². The van der Waals surface area contributed by atoms with Crippen molar-refractivity contribution in [1.82, 2.24) is 0 Å². The first-order chi connectivity index (χ1) is 12.0. The van der Waals surface area contributed by atoms with Crippen molar-refractivity contribution in [2.24, 2.45) is 0 Å². The van der Waals surface area contributed by atoms with E-state index >= 15 is 0 Å². The molecule has 25 heavy (non-hydrogen) atoms. The van der Waals surface area contributed by atoms with Gasteiger partial charge in [-0.05, 0) is 30.3 Å². The van der Waals surface area contributed by atoms with Crippen LogP contribution in [0.25, 0.3) is 6.08 Å². The molecule has 0 bridgehead atoms. The first kappa shape index (κ1) is 17.1. The van der Waals surface area contributed by atoms with Gasteiger partial charge in [-0.2, -0.15) is 0 Å². The number of hydrogen-bond donors (Lipinski definition) is 1. The number of nitrogens with zero attached hydrogens (tertiary/aromatic N) is 1. The molecule has 0 saturated carbocycles. The van der Waals surface area contributed by atoms with Crippen molar-refractivity contribution in [3.63, 3.8) is 0 Å². The average molecular weight is 405 g/mol. The van der Waals surface area contributed by atoms with Crippen LogP contribution in [0.1, 0.15) is 11.1 Å². The Morgan fingerprint density at radius 3 is 2.76 bits per heavy atom. The van der Waals surface area contributed by atoms with E-state index in [1.165, 1.54) is 24.3 Å². The van der Waals surface area contributed by atoms with Crippen LogP contribution < -0.4 is 10.1 Å². The summed E-state index contributed by atoms with van der Waals surface area (Å²) in [5.41, 5.74) is 1.59. The van der Waals surface area contributed by atoms with Crippen LogP contribution >= 0.6 is 15.9 Å². The maximum atomic E-state index is 12.0. The zero-order valence-electron chi connectivity index (χ0n) is 12.9. The smallest absolute Gasteiger partial charge is 0.270 e. The molecule has 2 aromatic rings. The third-order valence-electron chi connectivity index (χ3n) is 3.46. The SMILES string of the molecule is O=C(/C=C/c1cc([N+](=O)[O-])cc2c1OCOC2)Nc1ccc(Br)cc1. The topological polar surface area (TPSA) is 90.7 Å². The van der Waals surface area contributed by atoms with Gasteiger partial charge in [-0.1, -0.05) is 15.9 Å². The number of nitro benzene ring substituents is 1. The normalized spacial score (nSPS) is 13.2. The number of carbonyl (C=O) groups is 1. The second-order valence-corrected chi connectivity index (χ2v) is 6.14. The fourth-order valence-corrected chi connectivity index (χ4v) is 2.61. The summed E-state index contributed by atoms with van der Waals surface area (Å²) in [6, 6.07) is 9.91. The monoisotopic (exact) mass is 404 g/mol. The molecule has 0 aromatic heterocycles. The highest BCUT2D eigenvalue weighted by atomic mass is 79.9. The third kappa shape index (κ3) is 4.23. The van der Waals surface area contributed by atoms with E-state index in [-0.39, 0.29) is 25.0 Å². The van der Waals surface area contributed by atoms with Crippen LogP contribution in [0.5, 0.6) is 5.75 Å². The molecule has 0 fully saturated rings. The van der Waals surface area contributed by atoms with Crippen molar-refractivity contribution < 1.29 is 19.2 Å². The standard InChI is InChI=1S/C17H13BrN2O5/c18-13-2-4-14(5-3-13)19-16(21)6-1-11-7-15(20(22)23)8-12-9-24-10-25-17(11)12/h1-8H,9-10H2,(H,19,21)/b6-1+. The highest BCUT2D eigenvalue weighted by Crippen LogP contribution is 2.33. The van der Waals surface area contributed by atoms with E-state index in [2.05, 4.69) is 21.2 Å². The lowest BCUT2D eigenvalue weighted by molar-refractivity contribution is -0.385. The van der Waals surface area contributed by atoms with Gasteiger partial charge in [0.05, 0.1) is 11.5 Å². The number of ether oxygens (including phenoxy) is 2. The Bertz CT molecular complexity index is 849. The molecule has 0 unspecified atom stereocenters. The Labute approximate surface area is 151 Å². The number of rotatable bonds is 4. The minimum atomic E-state index is -0.492. The highest BCUT2D eigenvalue weighted by Gasteiger charge is 2.19. The first-order valence-electron chi connectivity index (χ1n) is 7.29. The third-order valence-corrected chi connectivity index (χ3v) is 3.99. The molecule has 0 atom stereocenters. The van der Waals surface area contributed by atoms with Crippen LogP contribution in [0.15, 0.2) is 46.9 Å². The van der Waals surface area contributed by atoms with Gasteiger partial charge in [0, 0.05) is 39.5 Å². The van der Waals surface area contributed by atoms with E-state index in [0.717, 1.165) is 4.47 Å². The number of non-ortho nitro benzene ring substituents is 1. The number of nitro groups is 1. The van der Waals surface area contributed by atoms with E-state index in [0.29, 0.717) is 22.6 Å². The maximum Gasteiger partial charge on any atom is 0.270 e. The quantitative estimate of drug-likeness (QED) is 0.474. The van der Waals surface area contributed by atoms with Crippen LogP contribution in [-0.2, 0) is 16.1 Å². The molecule has 128 valence electrons. The molecule has 1 amide bonds. The van der Waals surface area contributed by atoms with Gasteiger partial charge in [0.1, 0.15) is 5.75 Å². The summed E-state index contributed by atoms with van der Waals surface area (Å²) < 4.78 is 11.5. The fraction of sp³-hybridized carbons (Fsp3) is 0.118. The molecular weight excluding hydrogens is 392 g/mol. The van der Waals surface area contributed by atoms with Gasteiger partial charge in [0.25, 0.3) is 5.69 Å². The average Bonchev–Trinajstić information content (AvgIpc) is 2.61. The second-order valence-electron chi connectivity index (χ2n) is 5.22. The summed E-state index contributed by atoms with van der Waals surface area (Å²) in [7, 11) is 0. The summed E-state index contributed by atoms with van der Waals surface area (Å²) in [4.78, 5) is 22.6. The minimum Gasteiger partial charge on any atom is -0.467 e. The Kier molecular flexibility index (Phi) is 5.11. The summed E-state index contributed by atoms with van der Waals surface area (Å²) in [5.74, 6) is 0.138. The van der Waals surface area contributed by atoms with Gasteiger partial charge < -0.3 is 14.8 Å². The number of carbonyl (C=O) groups excluding carboxylic acids is 1. The minimum absolute atomic E-state index is 0.0662. The van der Waals surface area contributed by atoms with Gasteiger partial charge in [0.2, 0.25) is 5.91 Å². The zero-order valence-corrected chi connectivity index (χ0v) is 14.5. The predicted molar refractivity (Wildman–Crippen MR) is 95.2 cm³/mol. The van der Waals surface area contributed by atoms with Crippen molar-refractivity contribution in [3.8, 4) is 5.75 Å². The number of nitrogens with one attached hydrogen (secondary N) is 1. The van der Waals surface area contributed by atoms with Crippen LogP contribution in [0, 0.1) is 10.1 Å². The molecule has 0 spiro atoms. The number of anilines is 1. The van der Waals surface area contributed by atoms with E-state index in [1.54, 1.807) is 12.1 Å². The molecule has 1 aliphatic rings. The molecule has 0 radical (unpaired) electrons. The van der Waals surface area contributed by atoms with Gasteiger partial charge >= 0.3 is 0 Å². The summed E-state index contributed by atoms with van der Waals surface area (Å²) in [5, 5.41) is 13.8. The molecule has 1 heterocycles. The first-order valence-corrected chi connectivity index (χ1v) is 8.09. The fourth-order valence-electron chi connectivity index (χ4n) is 2.34. The molecule has 2 aromatic carbocycles. The van der Waals surface area contributed by atoms with Crippen molar-refractivity contribution >= 4 is 39.3 Å².